The lowest BCUT2D eigenvalue weighted by Crippen LogP contribution is -2.35. The number of aryl methyl sites for hydroxylation is 2. The predicted molar refractivity (Wildman–Crippen MR) is 67.2 cm³/mol. The van der Waals surface area contributed by atoms with Crippen molar-refractivity contribution >= 4 is 5.97 Å². The van der Waals surface area contributed by atoms with Gasteiger partial charge < -0.3 is 10.4 Å². The first-order chi connectivity index (χ1) is 8.03. The standard InChI is InChI=1S/C14H19NO2/c1-10-3-4-12(7-11(10)2)8-14(13(16)17)5-6-15-9-14/h3-4,7,15H,5-6,8-9H2,1-2H3,(H,16,17). The van der Waals surface area contributed by atoms with Gasteiger partial charge in [0.1, 0.15) is 0 Å². The summed E-state index contributed by atoms with van der Waals surface area (Å²) in [5.41, 5.74) is 3.00. The van der Waals surface area contributed by atoms with E-state index in [9.17, 15) is 9.90 Å². The highest BCUT2D eigenvalue weighted by atomic mass is 16.4. The van der Waals surface area contributed by atoms with Crippen LogP contribution in [0.3, 0.4) is 0 Å². The predicted octanol–water partition coefficient (Wildman–Crippen LogP) is 1.91. The summed E-state index contributed by atoms with van der Waals surface area (Å²) in [6.45, 7) is 5.52. The zero-order valence-corrected chi connectivity index (χ0v) is 10.4. The molecule has 0 aromatic heterocycles. The average molecular weight is 233 g/mol. The second kappa shape index (κ2) is 4.49. The molecule has 3 heteroatoms. The molecule has 1 aliphatic heterocycles. The summed E-state index contributed by atoms with van der Waals surface area (Å²) in [5.74, 6) is -0.680. The van der Waals surface area contributed by atoms with Crippen molar-refractivity contribution in [3.8, 4) is 0 Å². The monoisotopic (exact) mass is 233 g/mol. The molecule has 92 valence electrons. The average Bonchev–Trinajstić information content (AvgIpc) is 2.73. The smallest absolute Gasteiger partial charge is 0.311 e. The molecule has 0 aliphatic carbocycles. The number of aliphatic carboxylic acids is 1. The van der Waals surface area contributed by atoms with Gasteiger partial charge in [-0.3, -0.25) is 4.79 Å². The molecule has 2 rings (SSSR count). The Labute approximate surface area is 102 Å². The van der Waals surface area contributed by atoms with Gasteiger partial charge in [-0.15, -0.1) is 0 Å². The molecular formula is C14H19NO2. The maximum Gasteiger partial charge on any atom is 0.311 e. The number of hydrogen-bond donors (Lipinski definition) is 2. The van der Waals surface area contributed by atoms with Crippen LogP contribution in [-0.4, -0.2) is 24.2 Å². The van der Waals surface area contributed by atoms with Crippen LogP contribution in [0.25, 0.3) is 0 Å². The van der Waals surface area contributed by atoms with Crippen molar-refractivity contribution in [3.05, 3.63) is 34.9 Å². The first-order valence-corrected chi connectivity index (χ1v) is 6.04. The van der Waals surface area contributed by atoms with Crippen LogP contribution in [-0.2, 0) is 11.2 Å². The Morgan fingerprint density at radius 2 is 2.18 bits per heavy atom. The summed E-state index contributed by atoms with van der Waals surface area (Å²) < 4.78 is 0. The second-order valence-electron chi connectivity index (χ2n) is 5.11. The zero-order valence-electron chi connectivity index (χ0n) is 10.4. The minimum Gasteiger partial charge on any atom is -0.481 e. The quantitative estimate of drug-likeness (QED) is 0.838. The molecule has 1 aliphatic rings. The number of carbonyl (C=O) groups is 1. The zero-order chi connectivity index (χ0) is 12.5. The minimum atomic E-state index is -0.680. The van der Waals surface area contributed by atoms with Crippen LogP contribution in [0.1, 0.15) is 23.1 Å². The number of nitrogens with one attached hydrogen (secondary N) is 1. The van der Waals surface area contributed by atoms with E-state index < -0.39 is 11.4 Å². The van der Waals surface area contributed by atoms with Gasteiger partial charge >= 0.3 is 5.97 Å². The summed E-state index contributed by atoms with van der Waals surface area (Å²) in [4.78, 5) is 11.4. The summed E-state index contributed by atoms with van der Waals surface area (Å²) in [7, 11) is 0. The first-order valence-electron chi connectivity index (χ1n) is 6.04. The van der Waals surface area contributed by atoms with Crippen LogP contribution in [0.2, 0.25) is 0 Å². The molecule has 1 fully saturated rings. The Balaban J connectivity index is 2.23. The van der Waals surface area contributed by atoms with Crippen LogP contribution in [0.5, 0.6) is 0 Å². The Kier molecular flexibility index (Phi) is 3.20. The van der Waals surface area contributed by atoms with Crippen molar-refractivity contribution in [1.29, 1.82) is 0 Å². The van der Waals surface area contributed by atoms with E-state index in [1.54, 1.807) is 0 Å². The van der Waals surface area contributed by atoms with Crippen molar-refractivity contribution in [2.24, 2.45) is 5.41 Å². The minimum absolute atomic E-state index is 0.579. The Morgan fingerprint density at radius 3 is 2.71 bits per heavy atom. The van der Waals surface area contributed by atoms with Crippen LogP contribution in [0.15, 0.2) is 18.2 Å². The largest absolute Gasteiger partial charge is 0.481 e. The topological polar surface area (TPSA) is 49.3 Å². The molecular weight excluding hydrogens is 214 g/mol. The fourth-order valence-corrected chi connectivity index (χ4v) is 2.46. The normalized spacial score (nSPS) is 23.9. The number of hydrogen-bond acceptors (Lipinski definition) is 2. The van der Waals surface area contributed by atoms with Gasteiger partial charge in [0.2, 0.25) is 0 Å². The van der Waals surface area contributed by atoms with E-state index in [0.29, 0.717) is 13.0 Å². The third-order valence-electron chi connectivity index (χ3n) is 3.81. The van der Waals surface area contributed by atoms with E-state index in [-0.39, 0.29) is 0 Å². The lowest BCUT2D eigenvalue weighted by atomic mass is 9.80. The third kappa shape index (κ3) is 2.34. The van der Waals surface area contributed by atoms with Gasteiger partial charge in [-0.05, 0) is 49.9 Å². The molecule has 2 N–H and O–H groups in total. The SMILES string of the molecule is Cc1ccc(CC2(C(=O)O)CCNC2)cc1C. The highest BCUT2D eigenvalue weighted by Gasteiger charge is 2.41. The van der Waals surface area contributed by atoms with Crippen LogP contribution in [0, 0.1) is 19.3 Å². The highest BCUT2D eigenvalue weighted by Crippen LogP contribution is 2.30. The van der Waals surface area contributed by atoms with Gasteiger partial charge in [-0.1, -0.05) is 18.2 Å². The third-order valence-corrected chi connectivity index (χ3v) is 3.81. The van der Waals surface area contributed by atoms with Crippen LogP contribution < -0.4 is 5.32 Å². The van der Waals surface area contributed by atoms with Crippen LogP contribution in [0.4, 0.5) is 0 Å². The second-order valence-corrected chi connectivity index (χ2v) is 5.11. The van der Waals surface area contributed by atoms with E-state index in [0.717, 1.165) is 18.5 Å². The molecule has 0 saturated carbocycles. The molecule has 3 nitrogen and oxygen atoms in total. The molecule has 1 unspecified atom stereocenters. The van der Waals surface area contributed by atoms with Gasteiger partial charge in [0.15, 0.2) is 0 Å². The molecule has 0 bridgehead atoms. The lowest BCUT2D eigenvalue weighted by Gasteiger charge is -2.23. The maximum atomic E-state index is 11.4. The first kappa shape index (κ1) is 12.1. The van der Waals surface area contributed by atoms with Crippen LogP contribution >= 0.6 is 0 Å². The van der Waals surface area contributed by atoms with E-state index in [2.05, 4.69) is 31.3 Å². The summed E-state index contributed by atoms with van der Waals surface area (Å²) >= 11 is 0. The van der Waals surface area contributed by atoms with Gasteiger partial charge in [0, 0.05) is 6.54 Å². The van der Waals surface area contributed by atoms with Gasteiger partial charge in [0.25, 0.3) is 0 Å². The fourth-order valence-electron chi connectivity index (χ4n) is 2.46. The van der Waals surface area contributed by atoms with E-state index in [1.807, 2.05) is 6.07 Å². The maximum absolute atomic E-state index is 11.4. The van der Waals surface area contributed by atoms with Gasteiger partial charge in [-0.2, -0.15) is 0 Å². The summed E-state index contributed by atoms with van der Waals surface area (Å²) in [6, 6.07) is 6.23. The molecule has 1 heterocycles. The van der Waals surface area contributed by atoms with Crippen molar-refractivity contribution in [2.75, 3.05) is 13.1 Å². The number of rotatable bonds is 3. The van der Waals surface area contributed by atoms with E-state index in [1.165, 1.54) is 11.1 Å². The Hall–Kier alpha value is -1.35. The molecule has 1 saturated heterocycles. The number of carboxylic acids is 1. The molecule has 1 atom stereocenters. The Morgan fingerprint density at radius 1 is 1.41 bits per heavy atom. The fraction of sp³-hybridized carbons (Fsp3) is 0.500. The van der Waals surface area contributed by atoms with Crippen molar-refractivity contribution in [2.45, 2.75) is 26.7 Å². The Bertz CT molecular complexity index is 434. The summed E-state index contributed by atoms with van der Waals surface area (Å²) in [6.07, 6.45) is 1.34. The van der Waals surface area contributed by atoms with Crippen molar-refractivity contribution < 1.29 is 9.90 Å². The molecule has 17 heavy (non-hydrogen) atoms. The lowest BCUT2D eigenvalue weighted by molar-refractivity contribution is -0.147. The molecule has 1 aromatic rings. The van der Waals surface area contributed by atoms with Gasteiger partial charge in [-0.25, -0.2) is 0 Å². The highest BCUT2D eigenvalue weighted by molar-refractivity contribution is 5.76. The molecule has 0 radical (unpaired) electrons. The number of carboxylic acid groups (broad SMARTS) is 1. The van der Waals surface area contributed by atoms with E-state index >= 15 is 0 Å². The number of benzene rings is 1. The summed E-state index contributed by atoms with van der Waals surface area (Å²) in [5, 5.41) is 12.6. The molecule has 0 spiro atoms. The molecule has 1 aromatic carbocycles. The van der Waals surface area contributed by atoms with Gasteiger partial charge in [0.05, 0.1) is 5.41 Å². The van der Waals surface area contributed by atoms with E-state index in [4.69, 9.17) is 0 Å². The van der Waals surface area contributed by atoms with Crippen molar-refractivity contribution in [1.82, 2.24) is 5.32 Å². The van der Waals surface area contributed by atoms with Crippen molar-refractivity contribution in [3.63, 3.8) is 0 Å². The molecule has 0 amide bonds.